The van der Waals surface area contributed by atoms with Crippen molar-refractivity contribution in [3.63, 3.8) is 0 Å². The Kier molecular flexibility index (Phi) is 4.50. The van der Waals surface area contributed by atoms with Gasteiger partial charge in [-0.2, -0.15) is 8.42 Å². The summed E-state index contributed by atoms with van der Waals surface area (Å²) in [7, 11) is -7.99. The van der Waals surface area contributed by atoms with Gasteiger partial charge in [-0.05, 0) is 49.2 Å². The Balaban J connectivity index is 2.62. The lowest BCUT2D eigenvalue weighted by Crippen LogP contribution is -2.14. The van der Waals surface area contributed by atoms with Crippen LogP contribution in [0, 0.1) is 19.7 Å². The quantitative estimate of drug-likeness (QED) is 0.785. The van der Waals surface area contributed by atoms with Gasteiger partial charge in [0.1, 0.15) is 4.90 Å². The van der Waals surface area contributed by atoms with Crippen LogP contribution in [0.3, 0.4) is 0 Å². The lowest BCUT2D eigenvalue weighted by atomic mass is 10.2. The van der Waals surface area contributed by atoms with Crippen molar-refractivity contribution in [2.75, 3.05) is 6.26 Å². The summed E-state index contributed by atoms with van der Waals surface area (Å²) in [5, 5.41) is 0. The molecule has 0 amide bonds. The Morgan fingerprint density at radius 2 is 1.52 bits per heavy atom. The van der Waals surface area contributed by atoms with Gasteiger partial charge >= 0.3 is 10.1 Å². The van der Waals surface area contributed by atoms with Crippen LogP contribution in [0.25, 0.3) is 0 Å². The van der Waals surface area contributed by atoms with Crippen LogP contribution >= 0.6 is 0 Å². The molecule has 8 heteroatoms. The smallest absolute Gasteiger partial charge is 0.339 e. The number of hydrogen-bond donors (Lipinski definition) is 0. The van der Waals surface area contributed by atoms with E-state index in [2.05, 4.69) is 0 Å². The van der Waals surface area contributed by atoms with Crippen molar-refractivity contribution in [1.29, 1.82) is 0 Å². The number of sulfone groups is 1. The molecule has 124 valence electrons. The highest BCUT2D eigenvalue weighted by Crippen LogP contribution is 2.28. The second kappa shape index (κ2) is 5.93. The maximum absolute atomic E-state index is 13.6. The van der Waals surface area contributed by atoms with E-state index < -0.39 is 31.5 Å². The van der Waals surface area contributed by atoms with Gasteiger partial charge in [0.15, 0.2) is 21.4 Å². The molecule has 5 nitrogen and oxygen atoms in total. The summed E-state index contributed by atoms with van der Waals surface area (Å²) in [6.45, 7) is 2.93. The molecule has 0 aromatic heterocycles. The zero-order valence-corrected chi connectivity index (χ0v) is 14.3. The fourth-order valence-corrected chi connectivity index (χ4v) is 4.52. The lowest BCUT2D eigenvalue weighted by Gasteiger charge is -2.13. The largest absolute Gasteiger partial charge is 0.376 e. The zero-order chi connectivity index (χ0) is 17.4. The van der Waals surface area contributed by atoms with Crippen LogP contribution in [-0.2, 0) is 20.0 Å². The molecule has 0 aliphatic carbocycles. The second-order valence-electron chi connectivity index (χ2n) is 5.13. The summed E-state index contributed by atoms with van der Waals surface area (Å²) < 4.78 is 66.9. The molecule has 2 aromatic carbocycles. The highest BCUT2D eigenvalue weighted by Gasteiger charge is 2.25. The van der Waals surface area contributed by atoms with Crippen LogP contribution < -0.4 is 4.18 Å². The van der Waals surface area contributed by atoms with E-state index >= 15 is 0 Å². The van der Waals surface area contributed by atoms with Gasteiger partial charge in [0.25, 0.3) is 0 Å². The number of hydrogen-bond acceptors (Lipinski definition) is 5. The zero-order valence-electron chi connectivity index (χ0n) is 12.7. The third-order valence-electron chi connectivity index (χ3n) is 3.16. The first-order valence-corrected chi connectivity index (χ1v) is 9.82. The molecular formula is C15H15FO5S2. The Morgan fingerprint density at radius 1 is 0.957 bits per heavy atom. The molecule has 0 aliphatic heterocycles. The minimum Gasteiger partial charge on any atom is -0.376 e. The summed E-state index contributed by atoms with van der Waals surface area (Å²) in [4.78, 5) is -0.408. The molecule has 0 spiro atoms. The van der Waals surface area contributed by atoms with Gasteiger partial charge in [0.05, 0.1) is 4.90 Å². The number of aryl methyl sites for hydroxylation is 1. The maximum atomic E-state index is 13.6. The average Bonchev–Trinajstić information content (AvgIpc) is 2.42. The van der Waals surface area contributed by atoms with E-state index in [-0.39, 0.29) is 15.4 Å². The molecule has 0 unspecified atom stereocenters. The fourth-order valence-electron chi connectivity index (χ4n) is 2.11. The summed E-state index contributed by atoms with van der Waals surface area (Å²) in [5.41, 5.74) is 0.473. The molecule has 0 saturated carbocycles. The third-order valence-corrected chi connectivity index (χ3v) is 5.75. The summed E-state index contributed by atoms with van der Waals surface area (Å²) in [5.74, 6) is -1.28. The van der Waals surface area contributed by atoms with Crippen LogP contribution in [-0.4, -0.2) is 23.1 Å². The number of para-hydroxylation sites is 1. The Hall–Kier alpha value is -1.93. The van der Waals surface area contributed by atoms with Crippen molar-refractivity contribution in [3.8, 4) is 5.75 Å². The first kappa shape index (κ1) is 17.4. The van der Waals surface area contributed by atoms with Crippen LogP contribution in [0.4, 0.5) is 4.39 Å². The minimum atomic E-state index is -4.38. The molecule has 0 bridgehead atoms. The van der Waals surface area contributed by atoms with Crippen molar-refractivity contribution in [1.82, 2.24) is 0 Å². The average molecular weight is 358 g/mol. The SMILES string of the molecule is Cc1cc(S(C)(=O)=O)c(C)c(S(=O)(=O)Oc2ccccc2F)c1. The Bertz CT molecular complexity index is 963. The molecular weight excluding hydrogens is 343 g/mol. The summed E-state index contributed by atoms with van der Waals surface area (Å²) in [6.07, 6.45) is 0.989. The number of benzene rings is 2. The third kappa shape index (κ3) is 3.70. The van der Waals surface area contributed by atoms with Crippen molar-refractivity contribution < 1.29 is 25.4 Å². The Morgan fingerprint density at radius 3 is 2.09 bits per heavy atom. The van der Waals surface area contributed by atoms with Crippen molar-refractivity contribution in [2.24, 2.45) is 0 Å². The normalized spacial score (nSPS) is 12.2. The van der Waals surface area contributed by atoms with Crippen LogP contribution in [0.2, 0.25) is 0 Å². The van der Waals surface area contributed by atoms with E-state index in [9.17, 15) is 21.2 Å². The molecule has 2 rings (SSSR count). The van der Waals surface area contributed by atoms with E-state index in [1.54, 1.807) is 6.92 Å². The second-order valence-corrected chi connectivity index (χ2v) is 8.63. The van der Waals surface area contributed by atoms with E-state index in [1.165, 1.54) is 37.3 Å². The van der Waals surface area contributed by atoms with Crippen molar-refractivity contribution in [3.05, 3.63) is 53.3 Å². The highest BCUT2D eigenvalue weighted by molar-refractivity contribution is 7.91. The van der Waals surface area contributed by atoms with Gasteiger partial charge in [-0.15, -0.1) is 0 Å². The Labute approximate surface area is 134 Å². The number of halogens is 1. The van der Waals surface area contributed by atoms with Gasteiger partial charge in [-0.3, -0.25) is 0 Å². The number of rotatable bonds is 4. The van der Waals surface area contributed by atoms with Gasteiger partial charge < -0.3 is 4.18 Å². The van der Waals surface area contributed by atoms with E-state index in [0.717, 1.165) is 12.3 Å². The highest BCUT2D eigenvalue weighted by atomic mass is 32.2. The molecule has 0 heterocycles. The molecule has 2 aromatic rings. The standard InChI is InChI=1S/C15H15FO5S2/c1-10-8-14(22(3,17)18)11(2)15(9-10)23(19,20)21-13-7-5-4-6-12(13)16/h4-9H,1-3H3. The van der Waals surface area contributed by atoms with Gasteiger partial charge in [0.2, 0.25) is 0 Å². The first-order valence-electron chi connectivity index (χ1n) is 6.52. The van der Waals surface area contributed by atoms with E-state index in [0.29, 0.717) is 5.56 Å². The van der Waals surface area contributed by atoms with Crippen LogP contribution in [0.15, 0.2) is 46.2 Å². The van der Waals surface area contributed by atoms with Crippen molar-refractivity contribution >= 4 is 20.0 Å². The van der Waals surface area contributed by atoms with Crippen LogP contribution in [0.1, 0.15) is 11.1 Å². The summed E-state index contributed by atoms with van der Waals surface area (Å²) in [6, 6.07) is 7.74. The molecule has 0 fully saturated rings. The first-order chi connectivity index (χ1) is 10.5. The minimum absolute atomic E-state index is 0.0365. The maximum Gasteiger partial charge on any atom is 0.339 e. The monoisotopic (exact) mass is 358 g/mol. The molecule has 0 saturated heterocycles. The van der Waals surface area contributed by atoms with Crippen LogP contribution in [0.5, 0.6) is 5.75 Å². The molecule has 0 aliphatic rings. The topological polar surface area (TPSA) is 77.5 Å². The van der Waals surface area contributed by atoms with E-state index in [4.69, 9.17) is 4.18 Å². The van der Waals surface area contributed by atoms with Gasteiger partial charge in [-0.1, -0.05) is 12.1 Å². The van der Waals surface area contributed by atoms with Gasteiger partial charge in [-0.25, -0.2) is 12.8 Å². The van der Waals surface area contributed by atoms with E-state index in [1.807, 2.05) is 0 Å². The fraction of sp³-hybridized carbons (Fsp3) is 0.200. The molecule has 0 atom stereocenters. The van der Waals surface area contributed by atoms with Crippen molar-refractivity contribution in [2.45, 2.75) is 23.6 Å². The lowest BCUT2D eigenvalue weighted by molar-refractivity contribution is 0.460. The van der Waals surface area contributed by atoms with Gasteiger partial charge in [0, 0.05) is 6.26 Å². The predicted octanol–water partition coefficient (Wildman–Crippen LogP) is 2.61. The molecule has 0 N–H and O–H groups in total. The molecule has 0 radical (unpaired) electrons. The molecule has 23 heavy (non-hydrogen) atoms. The summed E-state index contributed by atoms with van der Waals surface area (Å²) >= 11 is 0. The predicted molar refractivity (Wildman–Crippen MR) is 83.2 cm³/mol.